The van der Waals surface area contributed by atoms with Gasteiger partial charge in [-0.1, -0.05) is 36.7 Å². The highest BCUT2D eigenvalue weighted by molar-refractivity contribution is 6.30. The third-order valence-electron chi connectivity index (χ3n) is 4.38. The number of halogens is 1. The number of rotatable bonds is 6. The molecular formula is C21H24ClNO5. The van der Waals surface area contributed by atoms with Crippen LogP contribution < -0.4 is 5.32 Å². The first-order chi connectivity index (χ1) is 13.3. The molecule has 1 aliphatic rings. The summed E-state index contributed by atoms with van der Waals surface area (Å²) in [6, 6.07) is 6.39. The summed E-state index contributed by atoms with van der Waals surface area (Å²) in [7, 11) is 0. The molecule has 1 aromatic carbocycles. The number of carbonyl (C=O) groups is 3. The molecule has 0 aromatic heterocycles. The minimum atomic E-state index is -0.611. The zero-order valence-corrected chi connectivity index (χ0v) is 17.1. The van der Waals surface area contributed by atoms with Crippen LogP contribution in [0.25, 0.3) is 5.57 Å². The maximum Gasteiger partial charge on any atom is 0.339 e. The lowest BCUT2D eigenvalue weighted by Gasteiger charge is -2.31. The van der Waals surface area contributed by atoms with Gasteiger partial charge in [-0.25, -0.2) is 9.59 Å². The van der Waals surface area contributed by atoms with Crippen LogP contribution in [0.15, 0.2) is 41.5 Å². The molecule has 0 heterocycles. The molecule has 1 N–H and O–H groups in total. The molecule has 1 aromatic rings. The Kier molecular flexibility index (Phi) is 7.40. The van der Waals surface area contributed by atoms with Crippen LogP contribution in [0, 0.1) is 5.92 Å². The molecule has 0 saturated heterocycles. The Morgan fingerprint density at radius 2 is 1.61 bits per heavy atom. The number of hydrogen-bond donors (Lipinski definition) is 1. The Labute approximate surface area is 169 Å². The SMILES string of the molecule is CCOC(=O)C1=C(C(=O)OCC)[C@@H](C)[C@@H](NC(C)=O)C=C1c1ccc(Cl)cc1. The van der Waals surface area contributed by atoms with Crippen molar-refractivity contribution in [1.82, 2.24) is 5.32 Å². The Bertz CT molecular complexity index is 826. The quantitative estimate of drug-likeness (QED) is 0.734. The minimum absolute atomic E-state index is 0.150. The second kappa shape index (κ2) is 9.55. The van der Waals surface area contributed by atoms with Gasteiger partial charge in [-0.05, 0) is 37.1 Å². The highest BCUT2D eigenvalue weighted by Gasteiger charge is 2.38. The van der Waals surface area contributed by atoms with Crippen molar-refractivity contribution in [1.29, 1.82) is 0 Å². The summed E-state index contributed by atoms with van der Waals surface area (Å²) >= 11 is 5.99. The van der Waals surface area contributed by atoms with E-state index in [9.17, 15) is 14.4 Å². The lowest BCUT2D eigenvalue weighted by Crippen LogP contribution is -2.42. The molecule has 1 aliphatic carbocycles. The lowest BCUT2D eigenvalue weighted by atomic mass is 9.78. The van der Waals surface area contributed by atoms with E-state index in [-0.39, 0.29) is 30.3 Å². The zero-order chi connectivity index (χ0) is 20.8. The van der Waals surface area contributed by atoms with Crippen LogP contribution in [-0.2, 0) is 23.9 Å². The first kappa shape index (κ1) is 21.7. The van der Waals surface area contributed by atoms with Gasteiger partial charge in [0.25, 0.3) is 0 Å². The predicted molar refractivity (Wildman–Crippen MR) is 106 cm³/mol. The van der Waals surface area contributed by atoms with E-state index in [2.05, 4.69) is 5.32 Å². The van der Waals surface area contributed by atoms with Crippen molar-refractivity contribution < 1.29 is 23.9 Å². The van der Waals surface area contributed by atoms with Gasteiger partial charge in [0.05, 0.1) is 30.4 Å². The molecule has 2 atom stereocenters. The topological polar surface area (TPSA) is 81.7 Å². The van der Waals surface area contributed by atoms with Crippen LogP contribution in [0.5, 0.6) is 0 Å². The second-order valence-electron chi connectivity index (χ2n) is 6.33. The summed E-state index contributed by atoms with van der Waals surface area (Å²) in [4.78, 5) is 37.2. The number of benzene rings is 1. The molecule has 0 saturated carbocycles. The van der Waals surface area contributed by atoms with Crippen molar-refractivity contribution in [2.24, 2.45) is 5.92 Å². The van der Waals surface area contributed by atoms with Crippen molar-refractivity contribution in [3.63, 3.8) is 0 Å². The molecule has 0 aliphatic heterocycles. The van der Waals surface area contributed by atoms with Gasteiger partial charge < -0.3 is 14.8 Å². The third kappa shape index (κ3) is 4.81. The Morgan fingerprint density at radius 3 is 2.14 bits per heavy atom. The minimum Gasteiger partial charge on any atom is -0.463 e. The van der Waals surface area contributed by atoms with Gasteiger partial charge in [0.15, 0.2) is 0 Å². The summed E-state index contributed by atoms with van der Waals surface area (Å²) < 4.78 is 10.4. The summed E-state index contributed by atoms with van der Waals surface area (Å²) in [6.07, 6.45) is 1.77. The van der Waals surface area contributed by atoms with Gasteiger partial charge >= 0.3 is 11.9 Å². The predicted octanol–water partition coefficient (Wildman–Crippen LogP) is 3.30. The van der Waals surface area contributed by atoms with Crippen molar-refractivity contribution in [3.05, 3.63) is 52.1 Å². The van der Waals surface area contributed by atoms with E-state index in [4.69, 9.17) is 21.1 Å². The van der Waals surface area contributed by atoms with Gasteiger partial charge in [-0.3, -0.25) is 4.79 Å². The van der Waals surface area contributed by atoms with Gasteiger partial charge in [0, 0.05) is 17.9 Å². The fourth-order valence-corrected chi connectivity index (χ4v) is 3.28. The summed E-state index contributed by atoms with van der Waals surface area (Å²) in [5, 5.41) is 3.37. The number of nitrogens with one attached hydrogen (secondary N) is 1. The van der Waals surface area contributed by atoms with Crippen LogP contribution in [0.2, 0.25) is 5.02 Å². The molecule has 6 nitrogen and oxygen atoms in total. The Balaban J connectivity index is 2.71. The molecule has 0 radical (unpaired) electrons. The molecule has 0 spiro atoms. The highest BCUT2D eigenvalue weighted by Crippen LogP contribution is 2.37. The molecule has 28 heavy (non-hydrogen) atoms. The number of ether oxygens (including phenoxy) is 2. The van der Waals surface area contributed by atoms with E-state index in [0.29, 0.717) is 16.2 Å². The van der Waals surface area contributed by atoms with Gasteiger partial charge in [0.2, 0.25) is 5.91 Å². The molecule has 1 amide bonds. The molecule has 0 bridgehead atoms. The molecule has 0 unspecified atom stereocenters. The molecular weight excluding hydrogens is 382 g/mol. The number of carbonyl (C=O) groups excluding carboxylic acids is 3. The summed E-state index contributed by atoms with van der Waals surface area (Å²) in [5.74, 6) is -1.93. The maximum absolute atomic E-state index is 12.8. The fourth-order valence-electron chi connectivity index (χ4n) is 3.15. The second-order valence-corrected chi connectivity index (χ2v) is 6.77. The third-order valence-corrected chi connectivity index (χ3v) is 4.63. The molecule has 150 valence electrons. The van der Waals surface area contributed by atoms with Crippen molar-refractivity contribution in [3.8, 4) is 0 Å². The average molecular weight is 406 g/mol. The summed E-state index contributed by atoms with van der Waals surface area (Å²) in [6.45, 7) is 6.88. The van der Waals surface area contributed by atoms with Crippen LogP contribution in [0.1, 0.15) is 33.3 Å². The van der Waals surface area contributed by atoms with E-state index in [1.54, 1.807) is 51.1 Å². The number of esters is 2. The maximum atomic E-state index is 12.8. The van der Waals surface area contributed by atoms with Crippen LogP contribution in [0.4, 0.5) is 0 Å². The zero-order valence-electron chi connectivity index (χ0n) is 16.4. The summed E-state index contributed by atoms with van der Waals surface area (Å²) in [5.41, 5.74) is 1.51. The van der Waals surface area contributed by atoms with Gasteiger partial charge in [0.1, 0.15) is 0 Å². The largest absolute Gasteiger partial charge is 0.463 e. The lowest BCUT2D eigenvalue weighted by molar-refractivity contribution is -0.142. The van der Waals surface area contributed by atoms with Gasteiger partial charge in [-0.15, -0.1) is 0 Å². The fraction of sp³-hybridized carbons (Fsp3) is 0.381. The first-order valence-corrected chi connectivity index (χ1v) is 9.51. The normalized spacial score (nSPS) is 19.0. The van der Waals surface area contributed by atoms with E-state index in [0.717, 1.165) is 0 Å². The van der Waals surface area contributed by atoms with Crippen LogP contribution in [-0.4, -0.2) is 37.1 Å². The standard InChI is InChI=1S/C21H24ClNO5/c1-5-27-20(25)18-12(3)17(23-13(4)24)11-16(19(18)21(26)28-6-2)14-7-9-15(22)10-8-14/h7-12,17H,5-6H2,1-4H3,(H,23,24)/t12-,17-/m0/s1. The van der Waals surface area contributed by atoms with E-state index < -0.39 is 23.9 Å². The van der Waals surface area contributed by atoms with E-state index in [1.165, 1.54) is 6.92 Å². The molecule has 0 fully saturated rings. The van der Waals surface area contributed by atoms with Crippen LogP contribution in [0.3, 0.4) is 0 Å². The van der Waals surface area contributed by atoms with Gasteiger partial charge in [-0.2, -0.15) is 0 Å². The smallest absolute Gasteiger partial charge is 0.339 e. The molecule has 2 rings (SSSR count). The Morgan fingerprint density at radius 1 is 1.04 bits per heavy atom. The van der Waals surface area contributed by atoms with E-state index in [1.807, 2.05) is 0 Å². The van der Waals surface area contributed by atoms with Crippen LogP contribution >= 0.6 is 11.6 Å². The van der Waals surface area contributed by atoms with E-state index >= 15 is 0 Å². The molecule has 7 heteroatoms. The van der Waals surface area contributed by atoms with Crippen molar-refractivity contribution in [2.45, 2.75) is 33.7 Å². The average Bonchev–Trinajstić information content (AvgIpc) is 2.63. The van der Waals surface area contributed by atoms with Crippen molar-refractivity contribution >= 4 is 35.0 Å². The van der Waals surface area contributed by atoms with Crippen molar-refractivity contribution in [2.75, 3.05) is 13.2 Å². The Hall–Kier alpha value is -2.60. The monoisotopic (exact) mass is 405 g/mol. The number of hydrogen-bond acceptors (Lipinski definition) is 5. The number of amides is 1. The first-order valence-electron chi connectivity index (χ1n) is 9.13. The highest BCUT2D eigenvalue weighted by atomic mass is 35.5.